The first-order valence-corrected chi connectivity index (χ1v) is 20.6. The van der Waals surface area contributed by atoms with Crippen LogP contribution in [0.4, 0.5) is 0 Å². The summed E-state index contributed by atoms with van der Waals surface area (Å²) >= 11 is 0. The summed E-state index contributed by atoms with van der Waals surface area (Å²) in [7, 11) is 0. The van der Waals surface area contributed by atoms with Gasteiger partial charge in [0.1, 0.15) is 24.2 Å². The summed E-state index contributed by atoms with van der Waals surface area (Å²) in [6, 6.07) is -7.04. The Labute approximate surface area is 342 Å². The van der Waals surface area contributed by atoms with Crippen LogP contribution >= 0.6 is 0 Å². The van der Waals surface area contributed by atoms with Gasteiger partial charge in [-0.25, -0.2) is 0 Å². The van der Waals surface area contributed by atoms with Crippen molar-refractivity contribution in [3.63, 3.8) is 0 Å². The first-order valence-electron chi connectivity index (χ1n) is 20.6. The maximum atomic E-state index is 13.5. The van der Waals surface area contributed by atoms with Crippen LogP contribution in [-0.4, -0.2) is 107 Å². The van der Waals surface area contributed by atoms with E-state index in [2.05, 4.69) is 38.8 Å². The van der Waals surface area contributed by atoms with E-state index < -0.39 is 98.3 Å². The zero-order valence-electron chi connectivity index (χ0n) is 34.7. The highest BCUT2D eigenvalue weighted by Gasteiger charge is 2.32. The molecule has 7 amide bonds. The number of hydrogen-bond acceptors (Lipinski definition) is 12. The minimum absolute atomic E-state index is 0.0617. The van der Waals surface area contributed by atoms with Gasteiger partial charge >= 0.3 is 0 Å². The third-order valence-electron chi connectivity index (χ3n) is 9.36. The van der Waals surface area contributed by atoms with Crippen LogP contribution in [0.3, 0.4) is 0 Å². The number of ketones is 1. The lowest BCUT2D eigenvalue weighted by atomic mass is 10.1. The summed E-state index contributed by atoms with van der Waals surface area (Å²) in [6.45, 7) is 3.16. The average molecular weight is 826 g/mol. The van der Waals surface area contributed by atoms with E-state index in [1.54, 1.807) is 0 Å². The van der Waals surface area contributed by atoms with Crippen molar-refractivity contribution in [2.45, 2.75) is 167 Å². The molecule has 14 N–H and O–H groups in total. The zero-order chi connectivity index (χ0) is 43.9. The molecular weight excluding hydrogens is 754 g/mol. The molecule has 0 aromatic heterocycles. The highest BCUT2D eigenvalue weighted by molar-refractivity contribution is 5.97. The van der Waals surface area contributed by atoms with Crippen molar-refractivity contribution in [2.75, 3.05) is 19.8 Å². The van der Waals surface area contributed by atoms with Crippen LogP contribution in [0.5, 0.6) is 0 Å². The average Bonchev–Trinajstić information content (AvgIpc) is 3.19. The number of aliphatic hydroxyl groups is 2. The second-order valence-electron chi connectivity index (χ2n) is 14.5. The standard InChI is InChI=1S/C39H71N9O10/c1-4-6-8-9-10-11-12-13-14-15-16-18-34(53)43-23-35(54)44-31(24-49)38(57)46-29(19-20-33(42)52)36(55)47-30(21-27(41)22-40)37(56)48-32(25-50)39(58)45-28(26(3)51)17-7-5-2/h22,28-32,49-50H,4-21,23-25,40-41H2,1-3H3,(H2,42,52)(H,43,53)(H,44,54)(H,45,58)(H,46,57)(H,47,55)(H,48,56)/b27-22-/t28-,29+,30-,31-,32-/m0/s1. The summed E-state index contributed by atoms with van der Waals surface area (Å²) in [5.74, 6) is -6.18. The Morgan fingerprint density at radius 3 is 1.48 bits per heavy atom. The number of Topliss-reactive ketones (excluding diaryl/α,β-unsaturated/α-hetero) is 1. The van der Waals surface area contributed by atoms with Crippen LogP contribution in [-0.2, 0) is 38.4 Å². The van der Waals surface area contributed by atoms with Gasteiger partial charge in [-0.15, -0.1) is 0 Å². The summed E-state index contributed by atoms with van der Waals surface area (Å²) in [6.07, 6.45) is 14.2. The van der Waals surface area contributed by atoms with Crippen molar-refractivity contribution >= 4 is 47.1 Å². The molecule has 0 saturated carbocycles. The van der Waals surface area contributed by atoms with Gasteiger partial charge in [0, 0.05) is 31.2 Å². The Kier molecular flexibility index (Phi) is 29.6. The van der Waals surface area contributed by atoms with Gasteiger partial charge in [0.25, 0.3) is 0 Å². The van der Waals surface area contributed by atoms with E-state index in [0.717, 1.165) is 31.9 Å². The first kappa shape index (κ1) is 53.2. The maximum absolute atomic E-state index is 13.5. The molecule has 0 aromatic rings. The first-order chi connectivity index (χ1) is 27.6. The molecule has 58 heavy (non-hydrogen) atoms. The van der Waals surface area contributed by atoms with Gasteiger partial charge in [-0.3, -0.25) is 38.4 Å². The Morgan fingerprint density at radius 2 is 0.983 bits per heavy atom. The third-order valence-corrected chi connectivity index (χ3v) is 9.36. The molecule has 0 spiro atoms. The summed E-state index contributed by atoms with van der Waals surface area (Å²) in [5.41, 5.74) is 16.5. The van der Waals surface area contributed by atoms with Crippen LogP contribution in [0.2, 0.25) is 0 Å². The normalized spacial score (nSPS) is 13.8. The number of nitrogens with two attached hydrogens (primary N) is 3. The Balaban J connectivity index is 5.40. The van der Waals surface area contributed by atoms with Crippen molar-refractivity contribution in [1.82, 2.24) is 31.9 Å². The van der Waals surface area contributed by atoms with Crippen LogP contribution < -0.4 is 49.1 Å². The van der Waals surface area contributed by atoms with Crippen molar-refractivity contribution in [1.29, 1.82) is 0 Å². The number of unbranched alkanes of at least 4 members (excludes halogenated alkanes) is 11. The van der Waals surface area contributed by atoms with Crippen LogP contribution in [0, 0.1) is 0 Å². The Morgan fingerprint density at radius 1 is 0.534 bits per heavy atom. The van der Waals surface area contributed by atoms with E-state index in [4.69, 9.17) is 17.2 Å². The minimum atomic E-state index is -1.57. The van der Waals surface area contributed by atoms with E-state index >= 15 is 0 Å². The molecule has 5 atom stereocenters. The van der Waals surface area contributed by atoms with Crippen LogP contribution in [0.25, 0.3) is 0 Å². The number of rotatable bonds is 34. The SMILES string of the molecule is CCCCCCCCCCCCCC(=O)NCC(=O)N[C@@H](CO)C(=O)N[C@H](CCC(N)=O)C(=O)N[C@@H](C/C(N)=C/N)C(=O)N[C@@H](CO)C(=O)N[C@@H](CCCC)C(C)=O. The predicted octanol–water partition coefficient (Wildman–Crippen LogP) is -0.594. The number of amides is 7. The molecule has 0 aliphatic carbocycles. The molecule has 0 fully saturated rings. The lowest BCUT2D eigenvalue weighted by Crippen LogP contribution is -2.60. The predicted molar refractivity (Wildman–Crippen MR) is 218 cm³/mol. The van der Waals surface area contributed by atoms with Gasteiger partial charge in [-0.2, -0.15) is 0 Å². The molecule has 19 nitrogen and oxygen atoms in total. The van der Waals surface area contributed by atoms with Crippen molar-refractivity contribution in [3.05, 3.63) is 11.9 Å². The number of nitrogens with one attached hydrogen (secondary N) is 6. The van der Waals surface area contributed by atoms with E-state index in [0.29, 0.717) is 19.3 Å². The number of carbonyl (C=O) groups excluding carboxylic acids is 8. The fraction of sp³-hybridized carbons (Fsp3) is 0.744. The summed E-state index contributed by atoms with van der Waals surface area (Å²) < 4.78 is 0. The fourth-order valence-electron chi connectivity index (χ4n) is 5.79. The second-order valence-corrected chi connectivity index (χ2v) is 14.5. The molecule has 0 heterocycles. The highest BCUT2D eigenvalue weighted by atomic mass is 16.3. The van der Waals surface area contributed by atoms with E-state index in [-0.39, 0.29) is 30.2 Å². The van der Waals surface area contributed by atoms with E-state index in [1.807, 2.05) is 6.92 Å². The van der Waals surface area contributed by atoms with Crippen molar-refractivity contribution in [2.24, 2.45) is 17.2 Å². The highest BCUT2D eigenvalue weighted by Crippen LogP contribution is 2.12. The molecule has 0 unspecified atom stereocenters. The lowest BCUT2D eigenvalue weighted by molar-refractivity contribution is -0.136. The monoisotopic (exact) mass is 826 g/mol. The van der Waals surface area contributed by atoms with Crippen molar-refractivity contribution < 1.29 is 48.6 Å². The fourth-order valence-corrected chi connectivity index (χ4v) is 5.79. The van der Waals surface area contributed by atoms with Gasteiger partial charge in [0.2, 0.25) is 41.4 Å². The molecule has 0 aliphatic heterocycles. The topological polar surface area (TPSA) is 327 Å². The Hall–Kier alpha value is -4.78. The van der Waals surface area contributed by atoms with Gasteiger partial charge in [0.15, 0.2) is 5.78 Å². The number of carbonyl (C=O) groups is 8. The van der Waals surface area contributed by atoms with Gasteiger partial charge in [-0.1, -0.05) is 90.9 Å². The molecule has 0 rings (SSSR count). The third kappa shape index (κ3) is 24.8. The number of aliphatic hydroxyl groups excluding tert-OH is 2. The summed E-state index contributed by atoms with van der Waals surface area (Å²) in [4.78, 5) is 101. The van der Waals surface area contributed by atoms with E-state index in [9.17, 15) is 48.6 Å². The Bertz CT molecular complexity index is 1330. The van der Waals surface area contributed by atoms with Gasteiger partial charge in [0.05, 0.1) is 25.8 Å². The van der Waals surface area contributed by atoms with Gasteiger partial charge < -0.3 is 59.3 Å². The quantitative estimate of drug-likeness (QED) is 0.0363. The maximum Gasteiger partial charge on any atom is 0.245 e. The minimum Gasteiger partial charge on any atom is -0.403 e. The zero-order valence-corrected chi connectivity index (χ0v) is 34.7. The summed E-state index contributed by atoms with van der Waals surface area (Å²) in [5, 5.41) is 34.1. The largest absolute Gasteiger partial charge is 0.403 e. The molecular formula is C39H71N9O10. The molecule has 332 valence electrons. The van der Waals surface area contributed by atoms with Crippen LogP contribution in [0.1, 0.15) is 136 Å². The molecule has 19 heteroatoms. The van der Waals surface area contributed by atoms with E-state index in [1.165, 1.54) is 51.9 Å². The van der Waals surface area contributed by atoms with Gasteiger partial charge in [-0.05, 0) is 26.2 Å². The molecule has 0 saturated heterocycles. The molecule has 0 aromatic carbocycles. The molecule has 0 radical (unpaired) electrons. The lowest BCUT2D eigenvalue weighted by Gasteiger charge is -2.26. The number of primary amides is 1. The molecule has 0 bridgehead atoms. The second kappa shape index (κ2) is 32.2. The molecule has 0 aliphatic rings. The number of hydrogen-bond donors (Lipinski definition) is 11. The van der Waals surface area contributed by atoms with Crippen molar-refractivity contribution in [3.8, 4) is 0 Å². The smallest absolute Gasteiger partial charge is 0.245 e. The van der Waals surface area contributed by atoms with Crippen LogP contribution in [0.15, 0.2) is 11.9 Å².